The number of ether oxygens (including phenoxy) is 1. The Kier molecular flexibility index (Phi) is 5.08. The van der Waals surface area contributed by atoms with Gasteiger partial charge in [-0.25, -0.2) is 0 Å². The Morgan fingerprint density at radius 2 is 1.82 bits per heavy atom. The van der Waals surface area contributed by atoms with Crippen LogP contribution in [0.25, 0.3) is 5.76 Å². The molecular formula is C26H24N2O6. The van der Waals surface area contributed by atoms with Crippen molar-refractivity contribution in [1.82, 2.24) is 0 Å². The highest BCUT2D eigenvalue weighted by Crippen LogP contribution is 2.46. The van der Waals surface area contributed by atoms with Gasteiger partial charge < -0.3 is 24.3 Å². The number of ketones is 1. The van der Waals surface area contributed by atoms with Gasteiger partial charge in [-0.3, -0.25) is 14.5 Å². The number of carbonyl (C=O) groups is 2. The van der Waals surface area contributed by atoms with Crippen molar-refractivity contribution < 1.29 is 29.0 Å². The molecule has 0 saturated carbocycles. The molecular weight excluding hydrogens is 436 g/mol. The van der Waals surface area contributed by atoms with Crippen molar-refractivity contribution in [2.75, 3.05) is 30.0 Å². The second-order valence-corrected chi connectivity index (χ2v) is 8.56. The quantitative estimate of drug-likeness (QED) is 0.345. The summed E-state index contributed by atoms with van der Waals surface area (Å²) in [5, 5.41) is 21.9. The Labute approximate surface area is 196 Å². The number of fused-ring (bicyclic) bond motifs is 1. The fourth-order valence-electron chi connectivity index (χ4n) is 4.43. The Balaban J connectivity index is 1.71. The molecule has 0 radical (unpaired) electrons. The number of aryl methyl sites for hydroxylation is 2. The van der Waals surface area contributed by atoms with Crippen LogP contribution in [0.15, 0.2) is 58.5 Å². The molecule has 34 heavy (non-hydrogen) atoms. The summed E-state index contributed by atoms with van der Waals surface area (Å²) in [4.78, 5) is 29.7. The van der Waals surface area contributed by atoms with Gasteiger partial charge in [-0.15, -0.1) is 0 Å². The summed E-state index contributed by atoms with van der Waals surface area (Å²) in [6, 6.07) is 12.2. The molecule has 1 atom stereocenters. The van der Waals surface area contributed by atoms with Crippen LogP contribution < -0.4 is 14.5 Å². The molecule has 0 bridgehead atoms. The largest absolute Gasteiger partial charge is 0.507 e. The van der Waals surface area contributed by atoms with Gasteiger partial charge in [0.15, 0.2) is 0 Å². The predicted molar refractivity (Wildman–Crippen MR) is 126 cm³/mol. The van der Waals surface area contributed by atoms with Crippen LogP contribution in [0.4, 0.5) is 11.4 Å². The van der Waals surface area contributed by atoms with Crippen molar-refractivity contribution in [3.8, 4) is 11.5 Å². The number of aliphatic hydroxyl groups is 1. The number of nitrogens with zero attached hydrogens (tertiary/aromatic N) is 2. The van der Waals surface area contributed by atoms with E-state index < -0.39 is 17.7 Å². The zero-order valence-corrected chi connectivity index (χ0v) is 19.0. The van der Waals surface area contributed by atoms with Crippen molar-refractivity contribution in [2.45, 2.75) is 19.9 Å². The maximum absolute atomic E-state index is 13.3. The van der Waals surface area contributed by atoms with E-state index in [1.807, 2.05) is 18.9 Å². The van der Waals surface area contributed by atoms with E-state index in [-0.39, 0.29) is 22.8 Å². The molecule has 3 aromatic rings. The minimum absolute atomic E-state index is 0.111. The maximum Gasteiger partial charge on any atom is 0.300 e. The lowest BCUT2D eigenvalue weighted by molar-refractivity contribution is -0.132. The standard InChI is InChI=1S/C26H24N2O6/c1-14-4-7-19(29)17(12-14)28-23(21-8-5-15(2)34-21)22(25(31)26(28)32)24(30)16-6-9-20-18(13-16)27(3)10-11-33-20/h4-9,12-13,23,29-30H,10-11H2,1-3H3/b24-22-. The number of aliphatic hydroxyl groups excluding tert-OH is 1. The minimum atomic E-state index is -1.05. The molecule has 1 aromatic heterocycles. The van der Waals surface area contributed by atoms with Gasteiger partial charge in [-0.2, -0.15) is 0 Å². The SMILES string of the molecule is Cc1ccc(O)c(N2C(=O)C(=O)/C(=C(\O)c3ccc4c(c3)N(C)CCO4)C2c2ccc(C)o2)c1. The number of amides is 1. The molecule has 0 aliphatic carbocycles. The van der Waals surface area contributed by atoms with Gasteiger partial charge in [0.2, 0.25) is 0 Å². The molecule has 2 aromatic carbocycles. The number of rotatable bonds is 3. The molecule has 1 fully saturated rings. The second kappa shape index (κ2) is 7.98. The normalized spacial score (nSPS) is 19.3. The molecule has 1 unspecified atom stereocenters. The lowest BCUT2D eigenvalue weighted by Gasteiger charge is -2.28. The number of carbonyl (C=O) groups excluding carboxylic acids is 2. The zero-order valence-electron chi connectivity index (χ0n) is 19.0. The molecule has 8 nitrogen and oxygen atoms in total. The first kappa shape index (κ1) is 21.6. The topological polar surface area (TPSA) is 103 Å². The minimum Gasteiger partial charge on any atom is -0.507 e. The fourth-order valence-corrected chi connectivity index (χ4v) is 4.43. The molecule has 2 N–H and O–H groups in total. The molecule has 1 saturated heterocycles. The van der Waals surface area contributed by atoms with Crippen molar-refractivity contribution in [3.05, 3.63) is 76.8 Å². The number of Topliss-reactive ketones (excluding diaryl/α,β-unsaturated/α-hetero) is 1. The molecule has 174 valence electrons. The Hall–Kier alpha value is -4.20. The van der Waals surface area contributed by atoms with Gasteiger partial charge in [-0.1, -0.05) is 6.07 Å². The Morgan fingerprint density at radius 3 is 2.56 bits per heavy atom. The van der Waals surface area contributed by atoms with E-state index >= 15 is 0 Å². The summed E-state index contributed by atoms with van der Waals surface area (Å²) in [6.07, 6.45) is 0. The number of anilines is 2. The summed E-state index contributed by atoms with van der Waals surface area (Å²) in [6.45, 7) is 4.80. The summed E-state index contributed by atoms with van der Waals surface area (Å²) in [5.74, 6) is -0.644. The van der Waals surface area contributed by atoms with Gasteiger partial charge in [0.1, 0.15) is 41.4 Å². The van der Waals surface area contributed by atoms with Gasteiger partial charge in [0.05, 0.1) is 23.5 Å². The monoisotopic (exact) mass is 460 g/mol. The number of hydrogen-bond donors (Lipinski definition) is 2. The summed E-state index contributed by atoms with van der Waals surface area (Å²) in [5.41, 5.74) is 1.99. The average molecular weight is 460 g/mol. The number of aromatic hydroxyl groups is 1. The maximum atomic E-state index is 13.3. The Morgan fingerprint density at radius 1 is 1.03 bits per heavy atom. The van der Waals surface area contributed by atoms with Crippen LogP contribution >= 0.6 is 0 Å². The third-order valence-electron chi connectivity index (χ3n) is 6.19. The van der Waals surface area contributed by atoms with Crippen molar-refractivity contribution >= 4 is 28.8 Å². The molecule has 8 heteroatoms. The second-order valence-electron chi connectivity index (χ2n) is 8.56. The number of phenolic OH excluding ortho intramolecular Hbond substituents is 1. The highest BCUT2D eigenvalue weighted by molar-refractivity contribution is 6.51. The molecule has 3 heterocycles. The van der Waals surface area contributed by atoms with Crippen molar-refractivity contribution in [2.24, 2.45) is 0 Å². The summed E-state index contributed by atoms with van der Waals surface area (Å²) >= 11 is 0. The van der Waals surface area contributed by atoms with Crippen LogP contribution in [0.2, 0.25) is 0 Å². The van der Waals surface area contributed by atoms with Gasteiger partial charge >= 0.3 is 0 Å². The van der Waals surface area contributed by atoms with Crippen LogP contribution in [0.3, 0.4) is 0 Å². The first-order chi connectivity index (χ1) is 16.3. The van der Waals surface area contributed by atoms with Gasteiger partial charge in [0.25, 0.3) is 11.7 Å². The van der Waals surface area contributed by atoms with E-state index in [9.17, 15) is 19.8 Å². The molecule has 2 aliphatic rings. The third-order valence-corrected chi connectivity index (χ3v) is 6.19. The molecule has 5 rings (SSSR count). The third kappa shape index (κ3) is 3.39. The van der Waals surface area contributed by atoms with E-state index in [2.05, 4.69) is 0 Å². The van der Waals surface area contributed by atoms with Crippen molar-refractivity contribution in [3.63, 3.8) is 0 Å². The van der Waals surface area contributed by atoms with Crippen molar-refractivity contribution in [1.29, 1.82) is 0 Å². The van der Waals surface area contributed by atoms with E-state index in [4.69, 9.17) is 9.15 Å². The van der Waals surface area contributed by atoms with Crippen LogP contribution in [0.5, 0.6) is 11.5 Å². The molecule has 1 amide bonds. The van der Waals surface area contributed by atoms with Crippen LogP contribution in [0.1, 0.15) is 28.7 Å². The van der Waals surface area contributed by atoms with E-state index in [0.29, 0.717) is 36.0 Å². The lowest BCUT2D eigenvalue weighted by atomic mass is 9.98. The van der Waals surface area contributed by atoms with Crippen LogP contribution in [0, 0.1) is 13.8 Å². The first-order valence-corrected chi connectivity index (χ1v) is 10.9. The fraction of sp³-hybridized carbons (Fsp3) is 0.231. The number of likely N-dealkylation sites (N-methyl/N-ethyl adjacent to an activating group) is 1. The van der Waals surface area contributed by atoms with E-state index in [1.165, 1.54) is 11.0 Å². The molecule has 0 spiro atoms. The zero-order chi connectivity index (χ0) is 24.1. The average Bonchev–Trinajstić information content (AvgIpc) is 3.36. The predicted octanol–water partition coefficient (Wildman–Crippen LogP) is 4.06. The number of hydrogen-bond acceptors (Lipinski definition) is 7. The number of benzene rings is 2. The first-order valence-electron chi connectivity index (χ1n) is 10.9. The van der Waals surface area contributed by atoms with Gasteiger partial charge in [-0.05, 0) is 61.9 Å². The van der Waals surface area contributed by atoms with Crippen LogP contribution in [-0.4, -0.2) is 42.1 Å². The van der Waals surface area contributed by atoms with Gasteiger partial charge in [0, 0.05) is 12.6 Å². The summed E-state index contributed by atoms with van der Waals surface area (Å²) < 4.78 is 11.5. The molecule has 2 aliphatic heterocycles. The summed E-state index contributed by atoms with van der Waals surface area (Å²) in [7, 11) is 1.91. The Bertz CT molecular complexity index is 1360. The smallest absolute Gasteiger partial charge is 0.300 e. The highest BCUT2D eigenvalue weighted by atomic mass is 16.5. The number of furan rings is 1. The number of phenols is 1. The highest BCUT2D eigenvalue weighted by Gasteiger charge is 2.49. The van der Waals surface area contributed by atoms with E-state index in [1.54, 1.807) is 49.4 Å². The lowest BCUT2D eigenvalue weighted by Crippen LogP contribution is -2.29. The van der Waals surface area contributed by atoms with E-state index in [0.717, 1.165) is 11.3 Å². The van der Waals surface area contributed by atoms with Crippen LogP contribution in [-0.2, 0) is 9.59 Å².